The molecule has 0 aliphatic heterocycles. The first-order chi connectivity index (χ1) is 12.0. The monoisotopic (exact) mass is 340 g/mol. The standard InChI is InChI=1S/C19H24N4O2/c1-4-6-13(3)11-23-12-14(8-9-17(23)25)15-10-21-19(20)22-18(15)16(24)7-5-2/h5,7-10,12-13,24H,2,4,6,11H2,1,3H3,(H2,20,21,22)/b16-7-. The van der Waals surface area contributed by atoms with E-state index in [1.54, 1.807) is 23.0 Å². The number of nitrogens with zero attached hydrogens (tertiary/aromatic N) is 3. The van der Waals surface area contributed by atoms with Gasteiger partial charge in [-0.2, -0.15) is 0 Å². The van der Waals surface area contributed by atoms with Crippen LogP contribution in [0.3, 0.4) is 0 Å². The highest BCUT2D eigenvalue weighted by Gasteiger charge is 2.14. The third kappa shape index (κ3) is 4.56. The maximum absolute atomic E-state index is 12.2. The smallest absolute Gasteiger partial charge is 0.250 e. The van der Waals surface area contributed by atoms with E-state index in [0.29, 0.717) is 23.7 Å². The molecule has 25 heavy (non-hydrogen) atoms. The number of hydrogen-bond acceptors (Lipinski definition) is 5. The maximum atomic E-state index is 12.2. The van der Waals surface area contributed by atoms with Crippen LogP contribution in [0.1, 0.15) is 32.4 Å². The third-order valence-electron chi connectivity index (χ3n) is 3.91. The molecule has 0 fully saturated rings. The van der Waals surface area contributed by atoms with Crippen LogP contribution in [0.15, 0.2) is 48.1 Å². The summed E-state index contributed by atoms with van der Waals surface area (Å²) in [6.07, 6.45) is 8.34. The predicted octanol–water partition coefficient (Wildman–Crippen LogP) is 3.41. The van der Waals surface area contributed by atoms with E-state index >= 15 is 0 Å². The zero-order chi connectivity index (χ0) is 18.4. The largest absolute Gasteiger partial charge is 0.506 e. The molecule has 0 aromatic carbocycles. The average molecular weight is 340 g/mol. The first-order valence-corrected chi connectivity index (χ1v) is 8.31. The Bertz CT molecular complexity index is 840. The third-order valence-corrected chi connectivity index (χ3v) is 3.91. The summed E-state index contributed by atoms with van der Waals surface area (Å²) in [4.78, 5) is 20.3. The van der Waals surface area contributed by atoms with Crippen LogP contribution in [0, 0.1) is 5.92 Å². The van der Waals surface area contributed by atoms with Crippen LogP contribution in [0.5, 0.6) is 0 Å². The van der Waals surface area contributed by atoms with Crippen molar-refractivity contribution in [2.24, 2.45) is 5.92 Å². The molecule has 0 bridgehead atoms. The van der Waals surface area contributed by atoms with Gasteiger partial charge in [0.2, 0.25) is 5.95 Å². The summed E-state index contributed by atoms with van der Waals surface area (Å²) < 4.78 is 1.68. The topological polar surface area (TPSA) is 94.0 Å². The Morgan fingerprint density at radius 2 is 2.24 bits per heavy atom. The van der Waals surface area contributed by atoms with Crippen molar-refractivity contribution in [2.75, 3.05) is 5.73 Å². The van der Waals surface area contributed by atoms with Crippen molar-refractivity contribution < 1.29 is 5.11 Å². The van der Waals surface area contributed by atoms with E-state index in [2.05, 4.69) is 30.4 Å². The highest BCUT2D eigenvalue weighted by molar-refractivity contribution is 5.76. The van der Waals surface area contributed by atoms with Crippen LogP contribution >= 0.6 is 0 Å². The van der Waals surface area contributed by atoms with Crippen LogP contribution in [-0.4, -0.2) is 19.6 Å². The van der Waals surface area contributed by atoms with Crippen molar-refractivity contribution in [3.8, 4) is 11.1 Å². The molecule has 0 radical (unpaired) electrons. The molecule has 0 aliphatic rings. The summed E-state index contributed by atoms with van der Waals surface area (Å²) in [6.45, 7) is 8.46. The second kappa shape index (κ2) is 8.28. The van der Waals surface area contributed by atoms with Gasteiger partial charge in [-0.1, -0.05) is 32.9 Å². The molecule has 1 unspecified atom stereocenters. The van der Waals surface area contributed by atoms with Crippen molar-refractivity contribution >= 4 is 11.7 Å². The molecule has 2 rings (SSSR count). The fourth-order valence-electron chi connectivity index (χ4n) is 2.75. The van der Waals surface area contributed by atoms with Gasteiger partial charge in [0, 0.05) is 36.1 Å². The lowest BCUT2D eigenvalue weighted by atomic mass is 10.0. The fourth-order valence-corrected chi connectivity index (χ4v) is 2.75. The Morgan fingerprint density at radius 3 is 2.92 bits per heavy atom. The van der Waals surface area contributed by atoms with E-state index < -0.39 is 0 Å². The Balaban J connectivity index is 2.50. The lowest BCUT2D eigenvalue weighted by Crippen LogP contribution is -2.22. The molecule has 3 N–H and O–H groups in total. The molecule has 2 aromatic heterocycles. The summed E-state index contributed by atoms with van der Waals surface area (Å²) in [5.41, 5.74) is 7.23. The van der Waals surface area contributed by atoms with Crippen LogP contribution < -0.4 is 11.3 Å². The molecule has 0 saturated carbocycles. The number of rotatable bonds is 7. The van der Waals surface area contributed by atoms with Gasteiger partial charge in [-0.25, -0.2) is 9.97 Å². The first-order valence-electron chi connectivity index (χ1n) is 8.31. The van der Waals surface area contributed by atoms with Gasteiger partial charge in [-0.05, 0) is 24.5 Å². The summed E-state index contributed by atoms with van der Waals surface area (Å²) in [6, 6.07) is 3.21. The molecular weight excluding hydrogens is 316 g/mol. The number of nitrogen functional groups attached to an aromatic ring is 1. The molecule has 132 valence electrons. The molecule has 1 atom stereocenters. The van der Waals surface area contributed by atoms with Gasteiger partial charge in [-0.3, -0.25) is 4.79 Å². The molecule has 6 heteroatoms. The Kier molecular flexibility index (Phi) is 6.11. The van der Waals surface area contributed by atoms with E-state index in [4.69, 9.17) is 5.73 Å². The van der Waals surface area contributed by atoms with E-state index in [-0.39, 0.29) is 17.3 Å². The lowest BCUT2D eigenvalue weighted by molar-refractivity contribution is 0.438. The minimum atomic E-state index is -0.0597. The Morgan fingerprint density at radius 1 is 1.48 bits per heavy atom. The summed E-state index contributed by atoms with van der Waals surface area (Å²) >= 11 is 0. The van der Waals surface area contributed by atoms with Crippen molar-refractivity contribution in [3.05, 3.63) is 59.3 Å². The van der Waals surface area contributed by atoms with Crippen LogP contribution in [0.4, 0.5) is 5.95 Å². The van der Waals surface area contributed by atoms with Crippen molar-refractivity contribution in [1.82, 2.24) is 14.5 Å². The second-order valence-electron chi connectivity index (χ2n) is 6.08. The molecule has 0 aliphatic carbocycles. The number of aliphatic hydroxyl groups excluding tert-OH is 1. The van der Waals surface area contributed by atoms with Gasteiger partial charge in [0.1, 0.15) is 11.5 Å². The number of allylic oxidation sites excluding steroid dienone is 2. The number of aliphatic hydroxyl groups is 1. The van der Waals surface area contributed by atoms with Crippen molar-refractivity contribution in [2.45, 2.75) is 33.2 Å². The normalized spacial score (nSPS) is 12.8. The van der Waals surface area contributed by atoms with Gasteiger partial charge in [-0.15, -0.1) is 0 Å². The maximum Gasteiger partial charge on any atom is 0.250 e. The van der Waals surface area contributed by atoms with Crippen molar-refractivity contribution in [1.29, 1.82) is 0 Å². The van der Waals surface area contributed by atoms with Crippen LogP contribution in [-0.2, 0) is 6.54 Å². The molecule has 6 nitrogen and oxygen atoms in total. The second-order valence-corrected chi connectivity index (χ2v) is 6.08. The zero-order valence-electron chi connectivity index (χ0n) is 14.6. The van der Waals surface area contributed by atoms with Crippen LogP contribution in [0.2, 0.25) is 0 Å². The van der Waals surface area contributed by atoms with E-state index in [1.165, 1.54) is 18.2 Å². The molecule has 0 amide bonds. The minimum absolute atomic E-state index is 0.0591. The lowest BCUT2D eigenvalue weighted by Gasteiger charge is -2.14. The van der Waals surface area contributed by atoms with Crippen molar-refractivity contribution in [3.63, 3.8) is 0 Å². The molecule has 0 spiro atoms. The number of anilines is 1. The molecular formula is C19H24N4O2. The highest BCUT2D eigenvalue weighted by Crippen LogP contribution is 2.26. The molecule has 0 saturated heterocycles. The number of aromatic nitrogens is 3. The SMILES string of the molecule is C=C/C=C(\O)c1nc(N)ncc1-c1ccc(=O)n(CC(C)CCC)c1. The average Bonchev–Trinajstić information content (AvgIpc) is 2.57. The number of nitrogens with two attached hydrogens (primary N) is 1. The summed E-state index contributed by atoms with van der Waals surface area (Å²) in [5.74, 6) is 0.401. The Hall–Kier alpha value is -2.89. The minimum Gasteiger partial charge on any atom is -0.506 e. The zero-order valence-corrected chi connectivity index (χ0v) is 14.6. The van der Waals surface area contributed by atoms with Gasteiger partial charge in [0.15, 0.2) is 0 Å². The van der Waals surface area contributed by atoms with Gasteiger partial charge < -0.3 is 15.4 Å². The van der Waals surface area contributed by atoms with Gasteiger partial charge in [0.05, 0.1) is 0 Å². The number of pyridine rings is 1. The Labute approximate surface area is 147 Å². The quantitative estimate of drug-likeness (QED) is 0.595. The summed E-state index contributed by atoms with van der Waals surface area (Å²) in [5, 5.41) is 10.2. The fraction of sp³-hybridized carbons (Fsp3) is 0.316. The molecule has 2 aromatic rings. The van der Waals surface area contributed by atoms with E-state index in [9.17, 15) is 9.90 Å². The van der Waals surface area contributed by atoms with Gasteiger partial charge in [0.25, 0.3) is 5.56 Å². The van der Waals surface area contributed by atoms with E-state index in [0.717, 1.165) is 18.4 Å². The highest BCUT2D eigenvalue weighted by atomic mass is 16.3. The number of hydrogen-bond donors (Lipinski definition) is 2. The molecule has 2 heterocycles. The van der Waals surface area contributed by atoms with E-state index in [1.807, 2.05) is 0 Å². The van der Waals surface area contributed by atoms with Crippen LogP contribution in [0.25, 0.3) is 16.9 Å². The van der Waals surface area contributed by atoms with Gasteiger partial charge >= 0.3 is 0 Å². The first kappa shape index (κ1) is 18.4. The summed E-state index contributed by atoms with van der Waals surface area (Å²) in [7, 11) is 0. The predicted molar refractivity (Wildman–Crippen MR) is 101 cm³/mol.